The molecule has 0 fully saturated rings. The van der Waals surface area contributed by atoms with E-state index in [0.29, 0.717) is 0 Å². The van der Waals surface area contributed by atoms with Crippen molar-refractivity contribution in [3.63, 3.8) is 0 Å². The van der Waals surface area contributed by atoms with Gasteiger partial charge in [0.25, 0.3) is 0 Å². The van der Waals surface area contributed by atoms with E-state index in [0.717, 1.165) is 5.67 Å². The van der Waals surface area contributed by atoms with Crippen LogP contribution in [-0.2, 0) is 0 Å². The normalized spacial score (nSPS) is 14.4. The van der Waals surface area contributed by atoms with Gasteiger partial charge in [-0.2, -0.15) is 0 Å². The molecule has 0 heterocycles. The third-order valence-electron chi connectivity index (χ3n) is 3.17. The van der Waals surface area contributed by atoms with Crippen molar-refractivity contribution in [1.82, 2.24) is 4.90 Å². The lowest BCUT2D eigenvalue weighted by molar-refractivity contribution is 0.256. The van der Waals surface area contributed by atoms with E-state index in [1.54, 1.807) is 0 Å². The highest BCUT2D eigenvalue weighted by molar-refractivity contribution is 6.83. The van der Waals surface area contributed by atoms with Crippen LogP contribution in [-0.4, -0.2) is 31.7 Å². The summed E-state index contributed by atoms with van der Waals surface area (Å²) in [5, 5.41) is 0. The highest BCUT2D eigenvalue weighted by atomic mass is 28.3. The van der Waals surface area contributed by atoms with Crippen molar-refractivity contribution in [2.45, 2.75) is 52.4 Å². The largest absolute Gasteiger partial charge is 0.303 e. The molecule has 0 radical (unpaired) electrons. The van der Waals surface area contributed by atoms with E-state index in [1.807, 2.05) is 0 Å². The Morgan fingerprint density at radius 1 is 1.21 bits per heavy atom. The molecule has 0 bridgehead atoms. The molecular formula is C12H27NSi. The van der Waals surface area contributed by atoms with E-state index in [9.17, 15) is 0 Å². The molecule has 0 spiro atoms. The average molecular weight is 213 g/mol. The van der Waals surface area contributed by atoms with Gasteiger partial charge in [-0.1, -0.05) is 33.9 Å². The van der Waals surface area contributed by atoms with Crippen molar-refractivity contribution in [3.05, 3.63) is 12.3 Å². The van der Waals surface area contributed by atoms with E-state index in [4.69, 9.17) is 0 Å². The van der Waals surface area contributed by atoms with Gasteiger partial charge in [0, 0.05) is 5.67 Å². The summed E-state index contributed by atoms with van der Waals surface area (Å²) < 4.78 is 0. The standard InChI is InChI=1S/C12H27NSi/c1-7-10-13(11-8-2)12(4)14(5,6)9-3/h9,12H,3,7-8,10-11H2,1-2,4-6H3. The maximum atomic E-state index is 3.99. The van der Waals surface area contributed by atoms with Crippen molar-refractivity contribution in [3.8, 4) is 0 Å². The number of rotatable bonds is 7. The lowest BCUT2D eigenvalue weighted by Crippen LogP contribution is -2.50. The van der Waals surface area contributed by atoms with E-state index >= 15 is 0 Å². The first-order chi connectivity index (χ1) is 6.49. The minimum absolute atomic E-state index is 0.722. The first-order valence-electron chi connectivity index (χ1n) is 5.87. The third-order valence-corrected chi connectivity index (χ3v) is 6.74. The summed E-state index contributed by atoms with van der Waals surface area (Å²) in [5.41, 5.74) is 2.94. The fraction of sp³-hybridized carbons (Fsp3) is 0.833. The maximum absolute atomic E-state index is 3.99. The zero-order valence-electron chi connectivity index (χ0n) is 10.6. The molecule has 0 rings (SSSR count). The second-order valence-corrected chi connectivity index (χ2v) is 9.62. The summed E-state index contributed by atoms with van der Waals surface area (Å²) in [5.74, 6) is 0. The lowest BCUT2D eigenvalue weighted by atomic mass is 10.3. The highest BCUT2D eigenvalue weighted by Gasteiger charge is 2.28. The molecule has 14 heavy (non-hydrogen) atoms. The Balaban J connectivity index is 4.40. The molecule has 1 unspecified atom stereocenters. The Morgan fingerprint density at radius 3 is 1.93 bits per heavy atom. The molecule has 0 aliphatic heterocycles. The molecule has 0 N–H and O–H groups in total. The summed E-state index contributed by atoms with van der Waals surface area (Å²) >= 11 is 0. The minimum Gasteiger partial charge on any atom is -0.303 e. The molecule has 0 aliphatic rings. The quantitative estimate of drug-likeness (QED) is 0.585. The summed E-state index contributed by atoms with van der Waals surface area (Å²) in [6, 6.07) is 0. The first-order valence-corrected chi connectivity index (χ1v) is 9.02. The van der Waals surface area contributed by atoms with Gasteiger partial charge in [0.05, 0.1) is 8.07 Å². The van der Waals surface area contributed by atoms with Crippen molar-refractivity contribution in [2.24, 2.45) is 0 Å². The number of nitrogens with zero attached hydrogens (tertiary/aromatic N) is 1. The van der Waals surface area contributed by atoms with Crippen LogP contribution in [0.5, 0.6) is 0 Å². The second-order valence-electron chi connectivity index (χ2n) is 4.74. The monoisotopic (exact) mass is 213 g/mol. The van der Waals surface area contributed by atoms with Gasteiger partial charge in [-0.3, -0.25) is 0 Å². The smallest absolute Gasteiger partial charge is 0.0890 e. The average Bonchev–Trinajstić information content (AvgIpc) is 2.16. The molecule has 0 aromatic rings. The molecule has 0 saturated carbocycles. The van der Waals surface area contributed by atoms with Gasteiger partial charge >= 0.3 is 0 Å². The van der Waals surface area contributed by atoms with Gasteiger partial charge in [-0.25, -0.2) is 0 Å². The zero-order valence-corrected chi connectivity index (χ0v) is 11.6. The van der Waals surface area contributed by atoms with Crippen molar-refractivity contribution in [1.29, 1.82) is 0 Å². The Morgan fingerprint density at radius 2 is 1.64 bits per heavy atom. The second kappa shape index (κ2) is 6.41. The van der Waals surface area contributed by atoms with Crippen molar-refractivity contribution in [2.75, 3.05) is 13.1 Å². The van der Waals surface area contributed by atoms with Crippen LogP contribution in [0.15, 0.2) is 12.3 Å². The van der Waals surface area contributed by atoms with Gasteiger partial charge in [-0.05, 0) is 25.9 Å². The van der Waals surface area contributed by atoms with Crippen LogP contribution in [0.3, 0.4) is 0 Å². The summed E-state index contributed by atoms with van der Waals surface area (Å²) in [6.45, 7) is 18.2. The van der Waals surface area contributed by atoms with E-state index in [2.05, 4.69) is 51.0 Å². The molecule has 0 aliphatic carbocycles. The molecular weight excluding hydrogens is 186 g/mol. The van der Waals surface area contributed by atoms with Crippen LogP contribution in [0.2, 0.25) is 13.1 Å². The van der Waals surface area contributed by atoms with E-state index in [1.165, 1.54) is 25.9 Å². The van der Waals surface area contributed by atoms with Crippen LogP contribution in [0, 0.1) is 0 Å². The predicted molar refractivity (Wildman–Crippen MR) is 69.3 cm³/mol. The Labute approximate surface area is 91.2 Å². The Bertz CT molecular complexity index is 160. The number of hydrogen-bond acceptors (Lipinski definition) is 1. The van der Waals surface area contributed by atoms with Gasteiger partial charge in [0.15, 0.2) is 0 Å². The predicted octanol–water partition coefficient (Wildman–Crippen LogP) is 3.47. The van der Waals surface area contributed by atoms with Crippen molar-refractivity contribution >= 4 is 8.07 Å². The SMILES string of the molecule is C=C[Si](C)(C)C(C)N(CCC)CCC. The lowest BCUT2D eigenvalue weighted by Gasteiger charge is -2.37. The molecule has 0 aromatic carbocycles. The first kappa shape index (κ1) is 13.9. The Kier molecular flexibility index (Phi) is 6.37. The molecule has 0 saturated heterocycles. The topological polar surface area (TPSA) is 3.24 Å². The molecule has 0 aromatic heterocycles. The van der Waals surface area contributed by atoms with E-state index in [-0.39, 0.29) is 0 Å². The van der Waals surface area contributed by atoms with Crippen molar-refractivity contribution < 1.29 is 0 Å². The van der Waals surface area contributed by atoms with E-state index < -0.39 is 8.07 Å². The summed E-state index contributed by atoms with van der Waals surface area (Å²) in [7, 11) is -1.23. The summed E-state index contributed by atoms with van der Waals surface area (Å²) in [4.78, 5) is 2.63. The molecule has 2 heteroatoms. The number of hydrogen-bond donors (Lipinski definition) is 0. The maximum Gasteiger partial charge on any atom is 0.0890 e. The Hall–Kier alpha value is -0.0831. The zero-order chi connectivity index (χ0) is 11.2. The molecule has 84 valence electrons. The molecule has 0 amide bonds. The van der Waals surface area contributed by atoms with Gasteiger partial charge < -0.3 is 4.90 Å². The van der Waals surface area contributed by atoms with Crippen LogP contribution in [0.1, 0.15) is 33.6 Å². The van der Waals surface area contributed by atoms with Gasteiger partial charge in [-0.15, -0.1) is 12.3 Å². The fourth-order valence-corrected chi connectivity index (χ4v) is 3.26. The van der Waals surface area contributed by atoms with Crippen LogP contribution < -0.4 is 0 Å². The minimum atomic E-state index is -1.23. The van der Waals surface area contributed by atoms with Crippen LogP contribution >= 0.6 is 0 Å². The van der Waals surface area contributed by atoms with Gasteiger partial charge in [0.2, 0.25) is 0 Å². The van der Waals surface area contributed by atoms with Crippen LogP contribution in [0.4, 0.5) is 0 Å². The fourth-order valence-electron chi connectivity index (χ4n) is 1.71. The van der Waals surface area contributed by atoms with Gasteiger partial charge in [0.1, 0.15) is 0 Å². The summed E-state index contributed by atoms with van der Waals surface area (Å²) in [6.07, 6.45) is 2.51. The molecule has 1 nitrogen and oxygen atoms in total. The van der Waals surface area contributed by atoms with Crippen LogP contribution in [0.25, 0.3) is 0 Å². The third kappa shape index (κ3) is 3.97. The highest BCUT2D eigenvalue weighted by Crippen LogP contribution is 2.16. The molecule has 1 atom stereocenters.